The summed E-state index contributed by atoms with van der Waals surface area (Å²) in [6.07, 6.45) is 19.2. The molecule has 0 aromatic heterocycles. The number of carbonyl (C=O) groups is 3. The number of ether oxygens (including phenoxy) is 2. The molecule has 0 saturated heterocycles. The van der Waals surface area contributed by atoms with Crippen molar-refractivity contribution in [2.75, 3.05) is 26.4 Å². The lowest BCUT2D eigenvalue weighted by molar-refractivity contribution is -0.160. The minimum absolute atomic E-state index is 0.145. The number of allylic oxidation sites excluding steroid dienone is 4. The Hall–Kier alpha value is -2.28. The third-order valence-corrected chi connectivity index (χ3v) is 7.16. The lowest BCUT2D eigenvalue weighted by Gasteiger charge is -2.28. The van der Waals surface area contributed by atoms with Gasteiger partial charge in [0.15, 0.2) is 5.25 Å². The molecular weight excluding hydrogens is 532 g/mol. The van der Waals surface area contributed by atoms with E-state index >= 15 is 0 Å². The lowest BCUT2D eigenvalue weighted by atomic mass is 9.92. The van der Waals surface area contributed by atoms with E-state index in [1.54, 1.807) is 0 Å². The molecule has 12 heteroatoms. The number of carbonyl (C=O) groups excluding carboxylic acids is 2. The molecule has 0 rings (SSSR count). The number of esters is 2. The molecule has 0 aliphatic heterocycles. The minimum atomic E-state index is -5.05. The van der Waals surface area contributed by atoms with Gasteiger partial charge in [0.05, 0.1) is 25.0 Å². The Morgan fingerprint density at radius 2 is 1.31 bits per heavy atom. The number of rotatable bonds is 24. The van der Waals surface area contributed by atoms with Gasteiger partial charge in [-0.1, -0.05) is 63.3 Å². The van der Waals surface area contributed by atoms with Crippen molar-refractivity contribution in [1.29, 1.82) is 0 Å². The van der Waals surface area contributed by atoms with Crippen molar-refractivity contribution in [2.45, 2.75) is 95.6 Å². The van der Waals surface area contributed by atoms with Gasteiger partial charge in [-0.25, -0.2) is 0 Å². The van der Waals surface area contributed by atoms with Gasteiger partial charge in [0, 0.05) is 6.42 Å². The standard InChI is InChI=1S/C27H46O11S/c1-2-3-4-5-6-7-8-9-10-11-12-13-14-15-16-17-24(30)37-21-27(19-28,20-29)22-38-25(31)18-23(26(32)33)39(34,35)36/h6-7,9-10,23,28-29H,2-5,8,11-22H2,1H3,(H,32,33)(H,34,35,36). The number of aliphatic hydroxyl groups is 2. The molecule has 0 aromatic carbocycles. The molecule has 0 heterocycles. The van der Waals surface area contributed by atoms with E-state index < -0.39 is 71.5 Å². The molecule has 4 N–H and O–H groups in total. The van der Waals surface area contributed by atoms with Gasteiger partial charge in [-0.15, -0.1) is 0 Å². The summed E-state index contributed by atoms with van der Waals surface area (Å²) in [6, 6.07) is 0. The van der Waals surface area contributed by atoms with E-state index in [1.165, 1.54) is 19.3 Å². The molecule has 0 amide bonds. The molecule has 11 nitrogen and oxygen atoms in total. The molecule has 0 spiro atoms. The molecule has 39 heavy (non-hydrogen) atoms. The SMILES string of the molecule is CCCCCC=CCC=CCCCCCCCC(=O)OCC(CO)(CO)COC(=O)CC(C(=O)O)S(=O)(=O)O. The number of hydrogen-bond donors (Lipinski definition) is 4. The molecule has 0 aliphatic carbocycles. The van der Waals surface area contributed by atoms with Crippen LogP contribution in [-0.4, -0.2) is 77.9 Å². The van der Waals surface area contributed by atoms with Crippen molar-refractivity contribution in [3.05, 3.63) is 24.3 Å². The number of aliphatic hydroxyl groups excluding tert-OH is 2. The highest BCUT2D eigenvalue weighted by molar-refractivity contribution is 7.87. The first-order valence-corrected chi connectivity index (χ1v) is 15.0. The average Bonchev–Trinajstić information content (AvgIpc) is 2.89. The number of carboxylic acids is 1. The summed E-state index contributed by atoms with van der Waals surface area (Å²) in [7, 11) is -5.05. The fraction of sp³-hybridized carbons (Fsp3) is 0.741. The second kappa shape index (κ2) is 21.5. The summed E-state index contributed by atoms with van der Waals surface area (Å²) in [5, 5.41) is 25.7. The van der Waals surface area contributed by atoms with Crippen LogP contribution in [0.2, 0.25) is 0 Å². The maximum atomic E-state index is 12.1. The number of hydrogen-bond acceptors (Lipinski definition) is 9. The zero-order chi connectivity index (χ0) is 29.6. The highest BCUT2D eigenvalue weighted by atomic mass is 32.2. The summed E-state index contributed by atoms with van der Waals surface area (Å²) in [6.45, 7) is -0.383. The molecule has 0 fully saturated rings. The third-order valence-electron chi connectivity index (χ3n) is 6.07. The van der Waals surface area contributed by atoms with Gasteiger partial charge in [0.1, 0.15) is 13.2 Å². The molecule has 0 aromatic rings. The fourth-order valence-corrected chi connectivity index (χ4v) is 4.03. The summed E-state index contributed by atoms with van der Waals surface area (Å²) in [4.78, 5) is 34.8. The Kier molecular flexibility index (Phi) is 20.3. The van der Waals surface area contributed by atoms with Crippen molar-refractivity contribution >= 4 is 28.0 Å². The van der Waals surface area contributed by atoms with Crippen LogP contribution in [0.25, 0.3) is 0 Å². The smallest absolute Gasteiger partial charge is 0.325 e. The quantitative estimate of drug-likeness (QED) is 0.0568. The summed E-state index contributed by atoms with van der Waals surface area (Å²) >= 11 is 0. The Morgan fingerprint density at radius 3 is 1.82 bits per heavy atom. The molecule has 0 radical (unpaired) electrons. The van der Waals surface area contributed by atoms with Crippen molar-refractivity contribution < 1.29 is 52.1 Å². The van der Waals surface area contributed by atoms with E-state index in [1.807, 2.05) is 0 Å². The topological polar surface area (TPSA) is 185 Å². The highest BCUT2D eigenvalue weighted by Gasteiger charge is 2.36. The van der Waals surface area contributed by atoms with Crippen LogP contribution < -0.4 is 0 Å². The van der Waals surface area contributed by atoms with Crippen LogP contribution in [0.15, 0.2) is 24.3 Å². The average molecular weight is 579 g/mol. The Bertz CT molecular complexity index is 861. The van der Waals surface area contributed by atoms with Crippen molar-refractivity contribution in [2.24, 2.45) is 5.41 Å². The zero-order valence-corrected chi connectivity index (χ0v) is 23.8. The van der Waals surface area contributed by atoms with E-state index in [4.69, 9.17) is 19.1 Å². The lowest BCUT2D eigenvalue weighted by Crippen LogP contribution is -2.41. The third kappa shape index (κ3) is 18.6. The summed E-state index contributed by atoms with van der Waals surface area (Å²) < 4.78 is 41.0. The predicted molar refractivity (Wildman–Crippen MR) is 145 cm³/mol. The maximum absolute atomic E-state index is 12.1. The van der Waals surface area contributed by atoms with Gasteiger partial charge in [0.25, 0.3) is 10.1 Å². The molecule has 226 valence electrons. The number of unbranched alkanes of at least 4 members (excludes halogenated alkanes) is 8. The van der Waals surface area contributed by atoms with Crippen LogP contribution in [0.5, 0.6) is 0 Å². The molecule has 0 aliphatic rings. The van der Waals surface area contributed by atoms with Crippen LogP contribution in [-0.2, 0) is 34.0 Å². The molecular formula is C27H46O11S. The predicted octanol–water partition coefficient (Wildman–Crippen LogP) is 3.59. The Balaban J connectivity index is 4.16. The molecule has 0 saturated carbocycles. The van der Waals surface area contributed by atoms with Gasteiger partial charge < -0.3 is 24.8 Å². The molecule has 0 bridgehead atoms. The number of aliphatic carboxylic acids is 1. The van der Waals surface area contributed by atoms with Crippen LogP contribution in [0.1, 0.15) is 90.4 Å². The van der Waals surface area contributed by atoms with Gasteiger partial charge in [-0.05, 0) is 38.5 Å². The largest absolute Gasteiger partial charge is 0.480 e. The summed E-state index contributed by atoms with van der Waals surface area (Å²) in [5.41, 5.74) is -1.56. The van der Waals surface area contributed by atoms with Gasteiger partial charge in [-0.3, -0.25) is 18.9 Å². The first-order chi connectivity index (χ1) is 18.5. The van der Waals surface area contributed by atoms with Crippen LogP contribution in [0.3, 0.4) is 0 Å². The first-order valence-electron chi connectivity index (χ1n) is 13.5. The van der Waals surface area contributed by atoms with Gasteiger partial charge >= 0.3 is 17.9 Å². The number of carboxylic acid groups (broad SMARTS) is 1. The van der Waals surface area contributed by atoms with E-state index in [-0.39, 0.29) is 6.42 Å². The van der Waals surface area contributed by atoms with E-state index in [0.717, 1.165) is 44.9 Å². The van der Waals surface area contributed by atoms with Crippen LogP contribution in [0.4, 0.5) is 0 Å². The van der Waals surface area contributed by atoms with Crippen molar-refractivity contribution in [3.8, 4) is 0 Å². The second-order valence-corrected chi connectivity index (χ2v) is 11.3. The molecule has 1 atom stereocenters. The zero-order valence-electron chi connectivity index (χ0n) is 23.0. The van der Waals surface area contributed by atoms with Crippen molar-refractivity contribution in [1.82, 2.24) is 0 Å². The monoisotopic (exact) mass is 578 g/mol. The summed E-state index contributed by atoms with van der Waals surface area (Å²) in [5.74, 6) is -3.77. The van der Waals surface area contributed by atoms with Gasteiger partial charge in [-0.2, -0.15) is 8.42 Å². The van der Waals surface area contributed by atoms with Crippen LogP contribution >= 0.6 is 0 Å². The van der Waals surface area contributed by atoms with E-state index in [9.17, 15) is 33.0 Å². The normalized spacial score (nSPS) is 13.1. The fourth-order valence-electron chi connectivity index (χ4n) is 3.42. The highest BCUT2D eigenvalue weighted by Crippen LogP contribution is 2.19. The van der Waals surface area contributed by atoms with E-state index in [2.05, 4.69) is 31.2 Å². The minimum Gasteiger partial charge on any atom is -0.480 e. The van der Waals surface area contributed by atoms with Crippen molar-refractivity contribution in [3.63, 3.8) is 0 Å². The second-order valence-electron chi connectivity index (χ2n) is 9.66. The molecule has 1 unspecified atom stereocenters. The van der Waals surface area contributed by atoms with Gasteiger partial charge in [0.2, 0.25) is 0 Å². The maximum Gasteiger partial charge on any atom is 0.325 e. The van der Waals surface area contributed by atoms with Crippen LogP contribution in [0, 0.1) is 5.41 Å². The van der Waals surface area contributed by atoms with E-state index in [0.29, 0.717) is 6.42 Å². The Morgan fingerprint density at radius 1 is 0.795 bits per heavy atom. The Labute approximate surface area is 232 Å². The first kappa shape index (κ1) is 36.7.